The summed E-state index contributed by atoms with van der Waals surface area (Å²) in [5, 5.41) is 17.6. The van der Waals surface area contributed by atoms with E-state index < -0.39 is 12.0 Å². The lowest BCUT2D eigenvalue weighted by Crippen LogP contribution is -2.58. The molecule has 0 bridgehead atoms. The predicted octanol–water partition coefficient (Wildman–Crippen LogP) is -1.04. The fourth-order valence-electron chi connectivity index (χ4n) is 0.673. The van der Waals surface area contributed by atoms with Crippen molar-refractivity contribution in [1.29, 1.82) is 0 Å². The van der Waals surface area contributed by atoms with Crippen molar-refractivity contribution in [1.82, 2.24) is 0 Å². The third-order valence-corrected chi connectivity index (χ3v) is 1.75. The van der Waals surface area contributed by atoms with Crippen molar-refractivity contribution in [2.45, 2.75) is 32.2 Å². The molecule has 4 heteroatoms. The third-order valence-electron chi connectivity index (χ3n) is 1.75. The Kier molecular flexibility index (Phi) is 3.24. The van der Waals surface area contributed by atoms with Gasteiger partial charge in [0.05, 0.1) is 6.04 Å². The lowest BCUT2D eigenvalue weighted by molar-refractivity contribution is -0.180. The van der Waals surface area contributed by atoms with Gasteiger partial charge in [0.25, 0.3) is 0 Å². The Morgan fingerprint density at radius 2 is 1.90 bits per heavy atom. The van der Waals surface area contributed by atoms with E-state index in [9.17, 15) is 0 Å². The van der Waals surface area contributed by atoms with Crippen LogP contribution in [-0.2, 0) is 0 Å². The minimum absolute atomic E-state index is 0.0139. The van der Waals surface area contributed by atoms with Crippen LogP contribution in [0, 0.1) is 5.92 Å². The normalized spacial score (nSPS) is 18.6. The Hall–Kier alpha value is -0.160. The Balaban J connectivity index is 3.94. The number of hydrogen-bond donors (Lipinski definition) is 4. The van der Waals surface area contributed by atoms with Crippen LogP contribution in [0.15, 0.2) is 0 Å². The lowest BCUT2D eigenvalue weighted by atomic mass is 9.97. The highest BCUT2D eigenvalue weighted by molar-refractivity contribution is 4.77. The van der Waals surface area contributed by atoms with E-state index in [1.54, 1.807) is 0 Å². The summed E-state index contributed by atoms with van der Waals surface area (Å²) in [7, 11) is 0. The average molecular weight is 148 g/mol. The SMILES string of the molecule is CC[C@H](C)[C@H](N)C(N)(O)O. The molecule has 10 heavy (non-hydrogen) atoms. The number of rotatable bonds is 3. The molecule has 0 heterocycles. The Labute approximate surface area is 60.8 Å². The molecule has 0 radical (unpaired) electrons. The van der Waals surface area contributed by atoms with Crippen LogP contribution in [0.4, 0.5) is 0 Å². The molecule has 2 atom stereocenters. The predicted molar refractivity (Wildman–Crippen MR) is 38.8 cm³/mol. The molecule has 0 aliphatic rings. The molecular weight excluding hydrogens is 132 g/mol. The van der Waals surface area contributed by atoms with Crippen molar-refractivity contribution >= 4 is 0 Å². The van der Waals surface area contributed by atoms with Gasteiger partial charge in [0.1, 0.15) is 0 Å². The third kappa shape index (κ3) is 2.62. The molecule has 0 saturated heterocycles. The van der Waals surface area contributed by atoms with Gasteiger partial charge in [-0.15, -0.1) is 0 Å². The maximum atomic E-state index is 8.80. The number of aliphatic hydroxyl groups is 2. The van der Waals surface area contributed by atoms with E-state index in [1.807, 2.05) is 13.8 Å². The molecule has 0 aromatic rings. The minimum atomic E-state index is -2.24. The highest BCUT2D eigenvalue weighted by atomic mass is 16.5. The van der Waals surface area contributed by atoms with Gasteiger partial charge in [-0.05, 0) is 5.92 Å². The van der Waals surface area contributed by atoms with Crippen LogP contribution in [0.2, 0.25) is 0 Å². The Morgan fingerprint density at radius 1 is 1.50 bits per heavy atom. The number of nitrogens with two attached hydrogens (primary N) is 2. The quantitative estimate of drug-likeness (QED) is 0.384. The zero-order valence-electron chi connectivity index (χ0n) is 6.41. The van der Waals surface area contributed by atoms with Crippen molar-refractivity contribution in [2.24, 2.45) is 17.4 Å². The number of hydrogen-bond acceptors (Lipinski definition) is 4. The Bertz CT molecular complexity index is 100. The minimum Gasteiger partial charge on any atom is -0.352 e. The van der Waals surface area contributed by atoms with Gasteiger partial charge >= 0.3 is 0 Å². The van der Waals surface area contributed by atoms with E-state index in [4.69, 9.17) is 21.7 Å². The van der Waals surface area contributed by atoms with Crippen LogP contribution in [0.3, 0.4) is 0 Å². The van der Waals surface area contributed by atoms with Gasteiger partial charge in [0.2, 0.25) is 5.91 Å². The first kappa shape index (κ1) is 9.84. The smallest absolute Gasteiger partial charge is 0.236 e. The molecule has 0 spiro atoms. The summed E-state index contributed by atoms with van der Waals surface area (Å²) >= 11 is 0. The summed E-state index contributed by atoms with van der Waals surface area (Å²) in [6.45, 7) is 3.73. The zero-order valence-corrected chi connectivity index (χ0v) is 6.41. The molecule has 0 aromatic carbocycles. The fraction of sp³-hybridized carbons (Fsp3) is 1.00. The van der Waals surface area contributed by atoms with Gasteiger partial charge in [-0.25, -0.2) is 0 Å². The summed E-state index contributed by atoms with van der Waals surface area (Å²) in [5.74, 6) is -2.23. The molecule has 62 valence electrons. The second-order valence-electron chi connectivity index (χ2n) is 2.69. The standard InChI is InChI=1S/C6H16N2O2/c1-3-4(2)5(7)6(8,9)10/h4-5,9-10H,3,7-8H2,1-2H3/t4-,5-/m0/s1. The summed E-state index contributed by atoms with van der Waals surface area (Å²) in [6.07, 6.45) is 0.779. The largest absolute Gasteiger partial charge is 0.352 e. The van der Waals surface area contributed by atoms with Crippen LogP contribution in [0.1, 0.15) is 20.3 Å². The topological polar surface area (TPSA) is 92.5 Å². The summed E-state index contributed by atoms with van der Waals surface area (Å²) in [6, 6.07) is -0.780. The van der Waals surface area contributed by atoms with Crippen LogP contribution in [0.5, 0.6) is 0 Å². The highest BCUT2D eigenvalue weighted by Crippen LogP contribution is 2.11. The summed E-state index contributed by atoms with van der Waals surface area (Å²) in [4.78, 5) is 0. The molecule has 0 unspecified atom stereocenters. The maximum absolute atomic E-state index is 8.80. The van der Waals surface area contributed by atoms with Crippen molar-refractivity contribution in [2.75, 3.05) is 0 Å². The average Bonchev–Trinajstić information content (AvgIpc) is 1.83. The van der Waals surface area contributed by atoms with E-state index in [0.29, 0.717) is 0 Å². The van der Waals surface area contributed by atoms with Crippen LogP contribution in [0.25, 0.3) is 0 Å². The molecule has 0 rings (SSSR count). The van der Waals surface area contributed by atoms with Gasteiger partial charge in [-0.2, -0.15) is 0 Å². The van der Waals surface area contributed by atoms with E-state index >= 15 is 0 Å². The van der Waals surface area contributed by atoms with E-state index in [1.165, 1.54) is 0 Å². The first-order valence-corrected chi connectivity index (χ1v) is 3.38. The zero-order chi connectivity index (χ0) is 8.36. The van der Waals surface area contributed by atoms with E-state index in [0.717, 1.165) is 6.42 Å². The molecular formula is C6H16N2O2. The van der Waals surface area contributed by atoms with Gasteiger partial charge in [-0.3, -0.25) is 5.73 Å². The van der Waals surface area contributed by atoms with Gasteiger partial charge in [-0.1, -0.05) is 20.3 Å². The molecule has 0 fully saturated rings. The van der Waals surface area contributed by atoms with Gasteiger partial charge in [0.15, 0.2) is 0 Å². The second kappa shape index (κ2) is 3.30. The summed E-state index contributed by atoms with van der Waals surface area (Å²) in [5.41, 5.74) is 10.3. The molecule has 6 N–H and O–H groups in total. The van der Waals surface area contributed by atoms with Gasteiger partial charge in [0, 0.05) is 0 Å². The van der Waals surface area contributed by atoms with Crippen molar-refractivity contribution in [3.05, 3.63) is 0 Å². The highest BCUT2D eigenvalue weighted by Gasteiger charge is 2.30. The first-order chi connectivity index (χ1) is 4.39. The van der Waals surface area contributed by atoms with E-state index in [-0.39, 0.29) is 5.92 Å². The van der Waals surface area contributed by atoms with Crippen molar-refractivity contribution in [3.8, 4) is 0 Å². The monoisotopic (exact) mass is 148 g/mol. The second-order valence-corrected chi connectivity index (χ2v) is 2.69. The molecule has 0 aromatic heterocycles. The molecule has 0 aliphatic carbocycles. The van der Waals surface area contributed by atoms with Crippen LogP contribution in [-0.4, -0.2) is 22.2 Å². The van der Waals surface area contributed by atoms with E-state index in [2.05, 4.69) is 0 Å². The van der Waals surface area contributed by atoms with Crippen LogP contribution < -0.4 is 11.5 Å². The first-order valence-electron chi connectivity index (χ1n) is 3.38. The molecule has 4 nitrogen and oxygen atoms in total. The molecule has 0 aliphatic heterocycles. The molecule has 0 amide bonds. The Morgan fingerprint density at radius 3 is 2.00 bits per heavy atom. The van der Waals surface area contributed by atoms with Gasteiger partial charge < -0.3 is 15.9 Å². The van der Waals surface area contributed by atoms with Crippen molar-refractivity contribution in [3.63, 3.8) is 0 Å². The summed E-state index contributed by atoms with van der Waals surface area (Å²) < 4.78 is 0. The lowest BCUT2D eigenvalue weighted by Gasteiger charge is -2.27. The maximum Gasteiger partial charge on any atom is 0.236 e. The fourth-order valence-corrected chi connectivity index (χ4v) is 0.673. The van der Waals surface area contributed by atoms with Crippen molar-refractivity contribution < 1.29 is 10.2 Å². The van der Waals surface area contributed by atoms with Crippen LogP contribution >= 0.6 is 0 Å². The molecule has 0 saturated carbocycles.